The molecule has 0 aromatic heterocycles. The molecule has 8 nitrogen and oxygen atoms in total. The topological polar surface area (TPSA) is 96.0 Å². The highest BCUT2D eigenvalue weighted by Gasteiger charge is 2.35. The van der Waals surface area contributed by atoms with Crippen LogP contribution in [0.3, 0.4) is 0 Å². The molecule has 0 bridgehead atoms. The Balaban J connectivity index is 1.83. The number of nitrogens with one attached hydrogen (secondary N) is 1. The predicted molar refractivity (Wildman–Crippen MR) is 190 cm³/mol. The maximum Gasteiger partial charge on any atom is 0.264 e. The summed E-state index contributed by atoms with van der Waals surface area (Å²) in [4.78, 5) is 30.1. The quantitative estimate of drug-likeness (QED) is 0.148. The summed E-state index contributed by atoms with van der Waals surface area (Å²) < 4.78 is 35.6. The van der Waals surface area contributed by atoms with Gasteiger partial charge in [-0.3, -0.25) is 13.9 Å². The molecule has 248 valence electrons. The summed E-state index contributed by atoms with van der Waals surface area (Å²) >= 11 is 9.96. The van der Waals surface area contributed by atoms with Crippen LogP contribution in [0.15, 0.2) is 106 Å². The summed E-state index contributed by atoms with van der Waals surface area (Å²) in [5, 5.41) is 3.23. The van der Waals surface area contributed by atoms with Gasteiger partial charge in [0.05, 0.1) is 22.7 Å². The standard InChI is InChI=1S/C36H39BrClN3O5S/c1-5-26(3)39-36(43)33(21-27-10-7-6-8-11-27)40(23-28-12-9-13-29(37)20-28)35(42)24-41(30-16-19-34(46-4)32(38)22-30)47(44,45)31-17-14-25(2)15-18-31/h6-20,22,26,33H,5,21,23-24H2,1-4H3,(H,39,43)/t26-,33+/m1/s1. The molecule has 4 rings (SSSR count). The lowest BCUT2D eigenvalue weighted by molar-refractivity contribution is -0.140. The fourth-order valence-corrected chi connectivity index (χ4v) is 7.11. The first-order chi connectivity index (χ1) is 22.4. The van der Waals surface area contributed by atoms with Crippen molar-refractivity contribution in [1.29, 1.82) is 0 Å². The molecule has 1 N–H and O–H groups in total. The Hall–Kier alpha value is -3.86. The summed E-state index contributed by atoms with van der Waals surface area (Å²) in [7, 11) is -2.80. The maximum atomic E-state index is 14.6. The number of amides is 2. The van der Waals surface area contributed by atoms with Crippen LogP contribution in [0, 0.1) is 6.92 Å². The Kier molecular flexibility index (Phi) is 12.5. The zero-order valence-corrected chi connectivity index (χ0v) is 30.0. The van der Waals surface area contributed by atoms with Gasteiger partial charge in [0.25, 0.3) is 10.0 Å². The second kappa shape index (κ2) is 16.3. The summed E-state index contributed by atoms with van der Waals surface area (Å²) in [5.41, 5.74) is 2.68. The summed E-state index contributed by atoms with van der Waals surface area (Å²) in [6, 6.07) is 26.8. The Morgan fingerprint density at radius 1 is 0.936 bits per heavy atom. The van der Waals surface area contributed by atoms with Crippen LogP contribution in [0.25, 0.3) is 0 Å². The van der Waals surface area contributed by atoms with E-state index in [1.165, 1.54) is 30.2 Å². The number of halogens is 2. The molecule has 2 atom stereocenters. The molecule has 0 aliphatic heterocycles. The van der Waals surface area contributed by atoms with Gasteiger partial charge in [-0.05, 0) is 73.9 Å². The van der Waals surface area contributed by atoms with Crippen LogP contribution >= 0.6 is 27.5 Å². The molecule has 0 aliphatic rings. The Morgan fingerprint density at radius 2 is 1.62 bits per heavy atom. The van der Waals surface area contributed by atoms with Crippen molar-refractivity contribution in [2.24, 2.45) is 0 Å². The van der Waals surface area contributed by atoms with Crippen LogP contribution in [0.5, 0.6) is 5.75 Å². The van der Waals surface area contributed by atoms with E-state index in [1.54, 1.807) is 24.3 Å². The SMILES string of the molecule is CC[C@@H](C)NC(=O)[C@H](Cc1ccccc1)N(Cc1cccc(Br)c1)C(=O)CN(c1ccc(OC)c(Cl)c1)S(=O)(=O)c1ccc(C)cc1. The third kappa shape index (κ3) is 9.37. The fourth-order valence-electron chi connectivity index (χ4n) is 5.00. The molecule has 0 saturated carbocycles. The Labute approximate surface area is 290 Å². The van der Waals surface area contributed by atoms with E-state index in [1.807, 2.05) is 75.4 Å². The van der Waals surface area contributed by atoms with E-state index in [0.29, 0.717) is 12.2 Å². The van der Waals surface area contributed by atoms with E-state index in [0.717, 1.165) is 25.5 Å². The first-order valence-electron chi connectivity index (χ1n) is 15.2. The smallest absolute Gasteiger partial charge is 0.264 e. The lowest BCUT2D eigenvalue weighted by atomic mass is 10.0. The summed E-state index contributed by atoms with van der Waals surface area (Å²) in [5.74, 6) is -0.532. The molecule has 11 heteroatoms. The van der Waals surface area contributed by atoms with Crippen molar-refractivity contribution >= 4 is 55.1 Å². The minimum atomic E-state index is -4.26. The second-order valence-electron chi connectivity index (χ2n) is 11.3. The van der Waals surface area contributed by atoms with Crippen molar-refractivity contribution in [3.05, 3.63) is 123 Å². The van der Waals surface area contributed by atoms with Gasteiger partial charge >= 0.3 is 0 Å². The van der Waals surface area contributed by atoms with Gasteiger partial charge in [0.1, 0.15) is 18.3 Å². The molecule has 2 amide bonds. The number of methoxy groups -OCH3 is 1. The maximum absolute atomic E-state index is 14.6. The van der Waals surface area contributed by atoms with Crippen LogP contribution < -0.4 is 14.4 Å². The normalized spacial score (nSPS) is 12.6. The van der Waals surface area contributed by atoms with Crippen molar-refractivity contribution in [3.8, 4) is 5.75 Å². The molecule has 0 heterocycles. The van der Waals surface area contributed by atoms with Gasteiger partial charge in [0.15, 0.2) is 0 Å². The number of sulfonamides is 1. The largest absolute Gasteiger partial charge is 0.495 e. The number of nitrogens with zero attached hydrogens (tertiary/aromatic N) is 2. The second-order valence-corrected chi connectivity index (χ2v) is 14.5. The monoisotopic (exact) mass is 739 g/mol. The lowest BCUT2D eigenvalue weighted by Crippen LogP contribution is -2.54. The summed E-state index contributed by atoms with van der Waals surface area (Å²) in [6.45, 7) is 5.20. The average molecular weight is 741 g/mol. The van der Waals surface area contributed by atoms with Crippen LogP contribution in [0.4, 0.5) is 5.69 Å². The molecule has 0 unspecified atom stereocenters. The highest BCUT2D eigenvalue weighted by Crippen LogP contribution is 2.32. The van der Waals surface area contributed by atoms with Crippen molar-refractivity contribution in [3.63, 3.8) is 0 Å². The van der Waals surface area contributed by atoms with E-state index < -0.39 is 28.5 Å². The zero-order valence-electron chi connectivity index (χ0n) is 26.8. The molecule has 47 heavy (non-hydrogen) atoms. The number of ether oxygens (including phenoxy) is 1. The number of benzene rings is 4. The third-order valence-electron chi connectivity index (χ3n) is 7.83. The van der Waals surface area contributed by atoms with Crippen molar-refractivity contribution in [1.82, 2.24) is 10.2 Å². The van der Waals surface area contributed by atoms with Gasteiger partial charge in [0.2, 0.25) is 11.8 Å². The molecule has 0 saturated heterocycles. The highest BCUT2D eigenvalue weighted by molar-refractivity contribution is 9.10. The molecule has 4 aromatic carbocycles. The Bertz CT molecular complexity index is 1790. The number of hydrogen-bond acceptors (Lipinski definition) is 5. The van der Waals surface area contributed by atoms with Gasteiger partial charge in [0, 0.05) is 23.5 Å². The molecule has 0 fully saturated rings. The van der Waals surface area contributed by atoms with E-state index in [4.69, 9.17) is 16.3 Å². The highest BCUT2D eigenvalue weighted by atomic mass is 79.9. The number of aryl methyl sites for hydroxylation is 1. The van der Waals surface area contributed by atoms with Crippen LogP contribution in [0.1, 0.15) is 37.0 Å². The van der Waals surface area contributed by atoms with E-state index >= 15 is 0 Å². The first-order valence-corrected chi connectivity index (χ1v) is 17.8. The number of carbonyl (C=O) groups is 2. The minimum Gasteiger partial charge on any atom is -0.495 e. The van der Waals surface area contributed by atoms with Crippen molar-refractivity contribution in [2.75, 3.05) is 18.0 Å². The minimum absolute atomic E-state index is 0.0109. The molecular formula is C36H39BrClN3O5S. The molecule has 0 aliphatic carbocycles. The van der Waals surface area contributed by atoms with E-state index in [9.17, 15) is 18.0 Å². The van der Waals surface area contributed by atoms with E-state index in [-0.39, 0.29) is 40.5 Å². The van der Waals surface area contributed by atoms with Gasteiger partial charge in [-0.2, -0.15) is 0 Å². The molecular weight excluding hydrogens is 702 g/mol. The van der Waals surface area contributed by atoms with Gasteiger partial charge in [-0.1, -0.05) is 94.6 Å². The predicted octanol–water partition coefficient (Wildman–Crippen LogP) is 7.17. The van der Waals surface area contributed by atoms with Gasteiger partial charge in [-0.25, -0.2) is 8.42 Å². The molecule has 4 aromatic rings. The number of rotatable bonds is 14. The number of anilines is 1. The fraction of sp³-hybridized carbons (Fsp3) is 0.278. The van der Waals surface area contributed by atoms with Crippen LogP contribution in [0.2, 0.25) is 5.02 Å². The van der Waals surface area contributed by atoms with E-state index in [2.05, 4.69) is 21.2 Å². The van der Waals surface area contributed by atoms with Crippen molar-refractivity contribution < 1.29 is 22.7 Å². The molecule has 0 spiro atoms. The van der Waals surface area contributed by atoms with Gasteiger partial charge < -0.3 is 15.0 Å². The molecule has 0 radical (unpaired) electrons. The third-order valence-corrected chi connectivity index (χ3v) is 10.4. The van der Waals surface area contributed by atoms with Crippen molar-refractivity contribution in [2.45, 2.75) is 57.1 Å². The zero-order chi connectivity index (χ0) is 34.1. The Morgan fingerprint density at radius 3 is 2.23 bits per heavy atom. The van der Waals surface area contributed by atoms with Crippen LogP contribution in [-0.4, -0.2) is 50.9 Å². The number of carbonyl (C=O) groups excluding carboxylic acids is 2. The summed E-state index contributed by atoms with van der Waals surface area (Å²) in [6.07, 6.45) is 0.923. The number of hydrogen-bond donors (Lipinski definition) is 1. The van der Waals surface area contributed by atoms with Gasteiger partial charge in [-0.15, -0.1) is 0 Å². The first kappa shape index (κ1) is 36.0. The van der Waals surface area contributed by atoms with Crippen LogP contribution in [-0.2, 0) is 32.6 Å². The lowest BCUT2D eigenvalue weighted by Gasteiger charge is -2.34. The average Bonchev–Trinajstić information content (AvgIpc) is 3.05.